The van der Waals surface area contributed by atoms with E-state index >= 15 is 0 Å². The maximum atomic E-state index is 13.0. The number of rotatable bonds is 8. The summed E-state index contributed by atoms with van der Waals surface area (Å²) >= 11 is 0. The third kappa shape index (κ3) is 7.99. The molecule has 0 amide bonds. The zero-order valence-electron chi connectivity index (χ0n) is 8.19. The number of hydrogen-bond acceptors (Lipinski definition) is 1. The van der Waals surface area contributed by atoms with Gasteiger partial charge in [0.2, 0.25) is 0 Å². The molecular formula is C10H22FN. The Morgan fingerprint density at radius 3 is 2.33 bits per heavy atom. The zero-order chi connectivity index (χ0) is 9.23. The van der Waals surface area contributed by atoms with Crippen LogP contribution in [0, 0.1) is 0 Å². The maximum Gasteiger partial charge on any atom is 0.100 e. The highest BCUT2D eigenvalue weighted by Crippen LogP contribution is 2.11. The molecule has 0 aliphatic rings. The van der Waals surface area contributed by atoms with E-state index in [2.05, 4.69) is 6.92 Å². The van der Waals surface area contributed by atoms with Crippen molar-refractivity contribution in [1.82, 2.24) is 0 Å². The van der Waals surface area contributed by atoms with E-state index in [4.69, 9.17) is 5.73 Å². The van der Waals surface area contributed by atoms with Crippen LogP contribution in [0.2, 0.25) is 0 Å². The van der Waals surface area contributed by atoms with Crippen molar-refractivity contribution in [3.8, 4) is 0 Å². The minimum absolute atomic E-state index is 0.606. The predicted molar refractivity (Wildman–Crippen MR) is 51.9 cm³/mol. The van der Waals surface area contributed by atoms with Crippen molar-refractivity contribution in [3.05, 3.63) is 0 Å². The highest BCUT2D eigenvalue weighted by molar-refractivity contribution is 4.57. The smallest absolute Gasteiger partial charge is 0.100 e. The fourth-order valence-corrected chi connectivity index (χ4v) is 1.28. The molecule has 12 heavy (non-hydrogen) atoms. The molecule has 0 saturated carbocycles. The Labute approximate surface area is 75.5 Å². The molecule has 1 atom stereocenters. The summed E-state index contributed by atoms with van der Waals surface area (Å²) in [5, 5.41) is 0. The second-order valence-electron chi connectivity index (χ2n) is 3.38. The summed E-state index contributed by atoms with van der Waals surface area (Å²) in [7, 11) is 0. The fraction of sp³-hybridized carbons (Fsp3) is 1.00. The number of hydrogen-bond donors (Lipinski definition) is 1. The summed E-state index contributed by atoms with van der Waals surface area (Å²) in [4.78, 5) is 0. The molecule has 0 aromatic carbocycles. The Balaban J connectivity index is 3.02. The maximum absolute atomic E-state index is 13.0. The van der Waals surface area contributed by atoms with Crippen LogP contribution in [0.25, 0.3) is 0 Å². The monoisotopic (exact) mass is 175 g/mol. The van der Waals surface area contributed by atoms with Crippen LogP contribution in [0.15, 0.2) is 0 Å². The molecule has 1 nitrogen and oxygen atoms in total. The fourth-order valence-electron chi connectivity index (χ4n) is 1.28. The van der Waals surface area contributed by atoms with Crippen LogP contribution < -0.4 is 5.73 Å². The summed E-state index contributed by atoms with van der Waals surface area (Å²) in [5.74, 6) is 0. The van der Waals surface area contributed by atoms with E-state index in [0.29, 0.717) is 13.0 Å². The summed E-state index contributed by atoms with van der Waals surface area (Å²) in [6, 6.07) is 0. The van der Waals surface area contributed by atoms with Crippen molar-refractivity contribution in [2.75, 3.05) is 6.54 Å². The molecule has 1 unspecified atom stereocenters. The Morgan fingerprint density at radius 1 is 1.08 bits per heavy atom. The first-order valence-electron chi connectivity index (χ1n) is 5.15. The van der Waals surface area contributed by atoms with Crippen LogP contribution in [-0.4, -0.2) is 12.7 Å². The molecule has 74 valence electrons. The van der Waals surface area contributed by atoms with E-state index in [-0.39, 0.29) is 0 Å². The number of halogens is 1. The minimum Gasteiger partial charge on any atom is -0.330 e. The third-order valence-electron chi connectivity index (χ3n) is 2.09. The summed E-state index contributed by atoms with van der Waals surface area (Å²) < 4.78 is 13.0. The van der Waals surface area contributed by atoms with Crippen LogP contribution in [0.1, 0.15) is 51.9 Å². The van der Waals surface area contributed by atoms with Crippen molar-refractivity contribution < 1.29 is 4.39 Å². The van der Waals surface area contributed by atoms with Crippen molar-refractivity contribution in [1.29, 1.82) is 0 Å². The van der Waals surface area contributed by atoms with Crippen molar-refractivity contribution >= 4 is 0 Å². The molecule has 2 heteroatoms. The van der Waals surface area contributed by atoms with Crippen LogP contribution >= 0.6 is 0 Å². The minimum atomic E-state index is -0.606. The quantitative estimate of drug-likeness (QED) is 0.564. The van der Waals surface area contributed by atoms with Crippen molar-refractivity contribution in [2.24, 2.45) is 5.73 Å². The Bertz CT molecular complexity index is 85.9. The van der Waals surface area contributed by atoms with Gasteiger partial charge < -0.3 is 5.73 Å². The molecule has 0 aromatic rings. The average molecular weight is 175 g/mol. The van der Waals surface area contributed by atoms with Gasteiger partial charge in [0.15, 0.2) is 0 Å². The largest absolute Gasteiger partial charge is 0.330 e. The lowest BCUT2D eigenvalue weighted by molar-refractivity contribution is 0.283. The van der Waals surface area contributed by atoms with E-state index < -0.39 is 6.17 Å². The van der Waals surface area contributed by atoms with E-state index in [1.165, 1.54) is 19.3 Å². The lowest BCUT2D eigenvalue weighted by atomic mass is 10.1. The first kappa shape index (κ1) is 11.9. The van der Waals surface area contributed by atoms with Gasteiger partial charge >= 0.3 is 0 Å². The van der Waals surface area contributed by atoms with Gasteiger partial charge in [-0.3, -0.25) is 0 Å². The number of unbranched alkanes of at least 4 members (excludes halogenated alkanes) is 3. The second kappa shape index (κ2) is 8.98. The van der Waals surface area contributed by atoms with Gasteiger partial charge in [0.25, 0.3) is 0 Å². The zero-order valence-corrected chi connectivity index (χ0v) is 8.19. The van der Waals surface area contributed by atoms with Gasteiger partial charge in [-0.25, -0.2) is 4.39 Å². The molecule has 0 rings (SSSR count). The van der Waals surface area contributed by atoms with Gasteiger partial charge in [-0.2, -0.15) is 0 Å². The molecule has 0 radical (unpaired) electrons. The highest BCUT2D eigenvalue weighted by atomic mass is 19.1. The Morgan fingerprint density at radius 2 is 1.75 bits per heavy atom. The van der Waals surface area contributed by atoms with Gasteiger partial charge in [-0.1, -0.05) is 32.6 Å². The molecule has 0 heterocycles. The molecule has 0 aliphatic heterocycles. The van der Waals surface area contributed by atoms with Gasteiger partial charge in [0.05, 0.1) is 0 Å². The van der Waals surface area contributed by atoms with Gasteiger partial charge in [0, 0.05) is 0 Å². The first-order chi connectivity index (χ1) is 5.81. The van der Waals surface area contributed by atoms with Crippen molar-refractivity contribution in [2.45, 2.75) is 58.0 Å². The highest BCUT2D eigenvalue weighted by Gasteiger charge is 2.04. The number of nitrogens with two attached hydrogens (primary N) is 1. The van der Waals surface area contributed by atoms with Crippen LogP contribution in [0.3, 0.4) is 0 Å². The molecule has 0 aliphatic carbocycles. The lowest BCUT2D eigenvalue weighted by Gasteiger charge is -2.06. The predicted octanol–water partition coefficient (Wildman–Crippen LogP) is 3.03. The van der Waals surface area contributed by atoms with Gasteiger partial charge in [-0.05, 0) is 25.8 Å². The van der Waals surface area contributed by atoms with E-state index in [0.717, 1.165) is 19.3 Å². The van der Waals surface area contributed by atoms with Crippen LogP contribution in [-0.2, 0) is 0 Å². The molecular weight excluding hydrogens is 153 g/mol. The van der Waals surface area contributed by atoms with E-state index in [9.17, 15) is 4.39 Å². The lowest BCUT2D eigenvalue weighted by Crippen LogP contribution is -2.05. The molecule has 2 N–H and O–H groups in total. The average Bonchev–Trinajstić information content (AvgIpc) is 2.09. The Hall–Kier alpha value is -0.110. The van der Waals surface area contributed by atoms with Crippen LogP contribution in [0.4, 0.5) is 4.39 Å². The SMILES string of the molecule is CCCCCCC(F)CCCN. The third-order valence-corrected chi connectivity index (χ3v) is 2.09. The molecule has 0 saturated heterocycles. The molecule has 0 fully saturated rings. The van der Waals surface area contributed by atoms with Gasteiger partial charge in [-0.15, -0.1) is 0 Å². The molecule has 0 spiro atoms. The van der Waals surface area contributed by atoms with Crippen LogP contribution in [0.5, 0.6) is 0 Å². The topological polar surface area (TPSA) is 26.0 Å². The van der Waals surface area contributed by atoms with E-state index in [1.54, 1.807) is 0 Å². The standard InChI is InChI=1S/C10H22FN/c1-2-3-4-5-7-10(11)8-6-9-12/h10H,2-9,12H2,1H3. The summed E-state index contributed by atoms with van der Waals surface area (Å²) in [6.07, 6.45) is 6.30. The van der Waals surface area contributed by atoms with Crippen molar-refractivity contribution in [3.63, 3.8) is 0 Å². The number of alkyl halides is 1. The normalized spacial score (nSPS) is 13.2. The first-order valence-corrected chi connectivity index (χ1v) is 5.15. The van der Waals surface area contributed by atoms with E-state index in [1.807, 2.05) is 0 Å². The Kier molecular flexibility index (Phi) is 8.90. The summed E-state index contributed by atoms with van der Waals surface area (Å²) in [6.45, 7) is 2.79. The molecule has 0 bridgehead atoms. The molecule has 0 aromatic heterocycles. The second-order valence-corrected chi connectivity index (χ2v) is 3.38. The summed E-state index contributed by atoms with van der Waals surface area (Å²) in [5.41, 5.74) is 5.29. The van der Waals surface area contributed by atoms with Gasteiger partial charge in [0.1, 0.15) is 6.17 Å².